The first-order valence-electron chi connectivity index (χ1n) is 7.87. The summed E-state index contributed by atoms with van der Waals surface area (Å²) < 4.78 is 5.38. The van der Waals surface area contributed by atoms with Crippen molar-refractivity contribution in [2.75, 3.05) is 6.61 Å². The monoisotopic (exact) mass is 262 g/mol. The molecule has 1 atom stereocenters. The molecule has 4 aliphatic carbocycles. The van der Waals surface area contributed by atoms with E-state index in [9.17, 15) is 4.79 Å². The van der Waals surface area contributed by atoms with Gasteiger partial charge in [0.25, 0.3) is 0 Å². The van der Waals surface area contributed by atoms with Crippen LogP contribution in [-0.4, -0.2) is 12.6 Å². The van der Waals surface area contributed by atoms with Crippen LogP contribution in [0.5, 0.6) is 0 Å². The van der Waals surface area contributed by atoms with Gasteiger partial charge in [-0.1, -0.05) is 13.5 Å². The number of rotatable bonds is 4. The maximum Gasteiger partial charge on any atom is 0.333 e. The Morgan fingerprint density at radius 3 is 2.16 bits per heavy atom. The molecule has 4 rings (SSSR count). The molecule has 0 saturated heterocycles. The molecule has 0 aromatic heterocycles. The SMILES string of the molecule is C=C(C)C(=O)OCC(C)C1C2CC3CC(C2)CC1C3. The molecule has 0 aromatic carbocycles. The molecule has 106 valence electrons. The number of carbonyl (C=O) groups excluding carboxylic acids is 1. The second-order valence-electron chi connectivity index (χ2n) is 7.36. The van der Waals surface area contributed by atoms with Crippen molar-refractivity contribution in [2.45, 2.75) is 46.0 Å². The van der Waals surface area contributed by atoms with Gasteiger partial charge in [-0.05, 0) is 74.5 Å². The second-order valence-corrected chi connectivity index (χ2v) is 7.36. The molecule has 4 saturated carbocycles. The van der Waals surface area contributed by atoms with Crippen molar-refractivity contribution < 1.29 is 9.53 Å². The number of hydrogen-bond donors (Lipinski definition) is 0. The number of carbonyl (C=O) groups is 1. The third-order valence-corrected chi connectivity index (χ3v) is 5.78. The fraction of sp³-hybridized carbons (Fsp3) is 0.824. The number of esters is 1. The minimum Gasteiger partial charge on any atom is -0.462 e. The lowest BCUT2D eigenvalue weighted by molar-refractivity contribution is -0.143. The van der Waals surface area contributed by atoms with E-state index in [0.717, 1.165) is 29.6 Å². The largest absolute Gasteiger partial charge is 0.462 e. The van der Waals surface area contributed by atoms with Gasteiger partial charge in [0.1, 0.15) is 0 Å². The maximum absolute atomic E-state index is 11.5. The molecule has 4 bridgehead atoms. The summed E-state index contributed by atoms with van der Waals surface area (Å²) in [4.78, 5) is 11.5. The van der Waals surface area contributed by atoms with E-state index < -0.39 is 0 Å². The normalized spacial score (nSPS) is 41.1. The average molecular weight is 262 g/mol. The van der Waals surface area contributed by atoms with E-state index in [-0.39, 0.29) is 5.97 Å². The second kappa shape index (κ2) is 4.96. The molecule has 19 heavy (non-hydrogen) atoms. The molecule has 0 spiro atoms. The summed E-state index contributed by atoms with van der Waals surface area (Å²) >= 11 is 0. The zero-order valence-electron chi connectivity index (χ0n) is 12.2. The molecule has 0 amide bonds. The highest BCUT2D eigenvalue weighted by Gasteiger charge is 2.49. The molecule has 2 nitrogen and oxygen atoms in total. The van der Waals surface area contributed by atoms with Crippen LogP contribution in [0.15, 0.2) is 12.2 Å². The zero-order valence-corrected chi connectivity index (χ0v) is 12.2. The summed E-state index contributed by atoms with van der Waals surface area (Å²) in [5.74, 6) is 4.94. The fourth-order valence-electron chi connectivity index (χ4n) is 5.34. The minimum absolute atomic E-state index is 0.226. The molecule has 2 heteroatoms. The fourth-order valence-corrected chi connectivity index (χ4v) is 5.34. The Kier molecular flexibility index (Phi) is 3.44. The first-order valence-corrected chi connectivity index (χ1v) is 7.87. The lowest BCUT2D eigenvalue weighted by atomic mass is 9.50. The van der Waals surface area contributed by atoms with E-state index in [1.54, 1.807) is 6.92 Å². The van der Waals surface area contributed by atoms with Crippen LogP contribution < -0.4 is 0 Å². The van der Waals surface area contributed by atoms with E-state index in [1.165, 1.54) is 32.1 Å². The number of hydrogen-bond acceptors (Lipinski definition) is 2. The molecule has 0 aromatic rings. The third kappa shape index (κ3) is 2.46. The predicted octanol–water partition coefficient (Wildman–Crippen LogP) is 3.81. The smallest absolute Gasteiger partial charge is 0.333 e. The summed E-state index contributed by atoms with van der Waals surface area (Å²) in [6.07, 6.45) is 7.26. The first-order chi connectivity index (χ1) is 9.04. The van der Waals surface area contributed by atoms with Gasteiger partial charge in [-0.15, -0.1) is 0 Å². The van der Waals surface area contributed by atoms with E-state index in [0.29, 0.717) is 18.1 Å². The molecule has 0 radical (unpaired) electrons. The maximum atomic E-state index is 11.5. The Morgan fingerprint density at radius 2 is 1.68 bits per heavy atom. The number of ether oxygens (including phenoxy) is 1. The van der Waals surface area contributed by atoms with Crippen molar-refractivity contribution in [1.29, 1.82) is 0 Å². The Morgan fingerprint density at radius 1 is 1.16 bits per heavy atom. The van der Waals surface area contributed by atoms with Crippen molar-refractivity contribution in [3.8, 4) is 0 Å². The van der Waals surface area contributed by atoms with Crippen molar-refractivity contribution in [2.24, 2.45) is 35.5 Å². The van der Waals surface area contributed by atoms with Crippen molar-refractivity contribution in [1.82, 2.24) is 0 Å². The van der Waals surface area contributed by atoms with Gasteiger partial charge in [-0.3, -0.25) is 0 Å². The van der Waals surface area contributed by atoms with Gasteiger partial charge >= 0.3 is 5.97 Å². The molecule has 0 aliphatic heterocycles. The van der Waals surface area contributed by atoms with Crippen LogP contribution in [0.2, 0.25) is 0 Å². The summed E-state index contributed by atoms with van der Waals surface area (Å²) in [7, 11) is 0. The Hall–Kier alpha value is -0.790. The van der Waals surface area contributed by atoms with Gasteiger partial charge in [0.15, 0.2) is 0 Å². The van der Waals surface area contributed by atoms with E-state index in [1.807, 2.05) is 0 Å². The van der Waals surface area contributed by atoms with E-state index in [4.69, 9.17) is 4.74 Å². The minimum atomic E-state index is -0.226. The molecule has 4 fully saturated rings. The lowest BCUT2D eigenvalue weighted by Gasteiger charge is -2.56. The molecule has 1 unspecified atom stereocenters. The highest BCUT2D eigenvalue weighted by molar-refractivity contribution is 5.86. The lowest BCUT2D eigenvalue weighted by Crippen LogP contribution is -2.48. The van der Waals surface area contributed by atoms with Gasteiger partial charge in [-0.2, -0.15) is 0 Å². The van der Waals surface area contributed by atoms with Crippen molar-refractivity contribution in [3.05, 3.63) is 12.2 Å². The van der Waals surface area contributed by atoms with Gasteiger partial charge < -0.3 is 4.74 Å². The molecule has 0 N–H and O–H groups in total. The quantitative estimate of drug-likeness (QED) is 0.569. The van der Waals surface area contributed by atoms with Gasteiger partial charge in [0, 0.05) is 5.57 Å². The standard InChI is InChI=1S/C17H26O2/c1-10(2)17(18)19-9-11(3)16-14-5-12-4-13(7-14)8-15(16)6-12/h11-16H,1,4-9H2,2-3H3. The third-order valence-electron chi connectivity index (χ3n) is 5.78. The summed E-state index contributed by atoms with van der Waals surface area (Å²) in [5, 5.41) is 0. The van der Waals surface area contributed by atoms with Crippen LogP contribution in [0.25, 0.3) is 0 Å². The highest BCUT2D eigenvalue weighted by Crippen LogP contribution is 2.58. The molecule has 0 heterocycles. The molecular formula is C17H26O2. The summed E-state index contributed by atoms with van der Waals surface area (Å²) in [6.45, 7) is 8.22. The van der Waals surface area contributed by atoms with E-state index >= 15 is 0 Å². The summed E-state index contributed by atoms with van der Waals surface area (Å²) in [5.41, 5.74) is 0.511. The Balaban J connectivity index is 1.59. The topological polar surface area (TPSA) is 26.3 Å². The van der Waals surface area contributed by atoms with Crippen LogP contribution in [0.1, 0.15) is 46.0 Å². The molecular weight excluding hydrogens is 236 g/mol. The van der Waals surface area contributed by atoms with Crippen LogP contribution in [-0.2, 0) is 9.53 Å². The van der Waals surface area contributed by atoms with Crippen molar-refractivity contribution in [3.63, 3.8) is 0 Å². The molecule has 4 aliphatic rings. The van der Waals surface area contributed by atoms with Crippen LogP contribution in [0.3, 0.4) is 0 Å². The predicted molar refractivity (Wildman–Crippen MR) is 75.5 cm³/mol. The zero-order chi connectivity index (χ0) is 13.6. The summed E-state index contributed by atoms with van der Waals surface area (Å²) in [6, 6.07) is 0. The first kappa shape index (κ1) is 13.2. The van der Waals surface area contributed by atoms with E-state index in [2.05, 4.69) is 13.5 Å². The Labute approximate surface area is 116 Å². The van der Waals surface area contributed by atoms with Gasteiger partial charge in [0.2, 0.25) is 0 Å². The highest BCUT2D eigenvalue weighted by atomic mass is 16.5. The Bertz CT molecular complexity index is 357. The average Bonchev–Trinajstić information content (AvgIpc) is 2.34. The van der Waals surface area contributed by atoms with Crippen LogP contribution in [0, 0.1) is 35.5 Å². The van der Waals surface area contributed by atoms with Gasteiger partial charge in [0.05, 0.1) is 6.61 Å². The van der Waals surface area contributed by atoms with Crippen LogP contribution in [0.4, 0.5) is 0 Å². The van der Waals surface area contributed by atoms with Gasteiger partial charge in [-0.25, -0.2) is 4.79 Å². The van der Waals surface area contributed by atoms with Crippen molar-refractivity contribution >= 4 is 5.97 Å². The van der Waals surface area contributed by atoms with Crippen LogP contribution >= 0.6 is 0 Å².